The van der Waals surface area contributed by atoms with Gasteiger partial charge in [-0.15, -0.1) is 10.2 Å². The summed E-state index contributed by atoms with van der Waals surface area (Å²) in [4.78, 5) is 0. The fraction of sp³-hybridized carbons (Fsp3) is 0.211. The molecule has 0 unspecified atom stereocenters. The minimum Gasteiger partial charge on any atom is -0.492 e. The highest BCUT2D eigenvalue weighted by molar-refractivity contribution is 5.66. The first-order chi connectivity index (χ1) is 11.9. The highest BCUT2D eigenvalue weighted by Gasteiger charge is 2.16. The Hall–Kier alpha value is -3.15. The van der Waals surface area contributed by atoms with Gasteiger partial charge >= 0.3 is 0 Å². The molecule has 0 radical (unpaired) electrons. The van der Waals surface area contributed by atoms with E-state index >= 15 is 0 Å². The summed E-state index contributed by atoms with van der Waals surface area (Å²) in [7, 11) is 0. The molecule has 0 saturated carbocycles. The van der Waals surface area contributed by atoms with Crippen molar-refractivity contribution in [3.63, 3.8) is 0 Å². The molecule has 0 saturated heterocycles. The van der Waals surface area contributed by atoms with E-state index in [0.717, 1.165) is 28.1 Å². The number of hydrogen-bond acceptors (Lipinski definition) is 5. The van der Waals surface area contributed by atoms with E-state index in [9.17, 15) is 5.11 Å². The van der Waals surface area contributed by atoms with Crippen LogP contribution in [0.2, 0.25) is 0 Å². The lowest BCUT2D eigenvalue weighted by atomic mass is 10.0. The van der Waals surface area contributed by atoms with Crippen LogP contribution in [0.3, 0.4) is 0 Å². The second kappa shape index (κ2) is 6.39. The van der Waals surface area contributed by atoms with Crippen molar-refractivity contribution >= 4 is 17.1 Å². The first-order valence-electron chi connectivity index (χ1n) is 8.02. The van der Waals surface area contributed by atoms with Crippen LogP contribution in [0.1, 0.15) is 22.4 Å². The van der Waals surface area contributed by atoms with Gasteiger partial charge in [0.2, 0.25) is 5.88 Å². The molecule has 0 fully saturated rings. The average Bonchev–Trinajstić information content (AvgIpc) is 2.88. The van der Waals surface area contributed by atoms with Gasteiger partial charge in [-0.2, -0.15) is 9.78 Å². The van der Waals surface area contributed by atoms with Gasteiger partial charge in [-0.1, -0.05) is 18.2 Å². The standard InChI is InChI=1S/C19H21N5O/c1-11-10-16(20)13(3)17(12(11)2)21-22-18-14(4)23-24(19(18)25)15-8-6-5-7-9-15/h5-10,25H,20H2,1-4H3. The topological polar surface area (TPSA) is 88.8 Å². The van der Waals surface area contributed by atoms with Gasteiger partial charge in [0.1, 0.15) is 0 Å². The molecule has 0 aliphatic heterocycles. The number of aryl methyl sites for hydroxylation is 2. The molecule has 3 N–H and O–H groups in total. The molecular weight excluding hydrogens is 314 g/mol. The molecule has 0 bridgehead atoms. The van der Waals surface area contributed by atoms with Crippen molar-refractivity contribution in [2.24, 2.45) is 10.2 Å². The van der Waals surface area contributed by atoms with Crippen molar-refractivity contribution in [1.82, 2.24) is 9.78 Å². The highest BCUT2D eigenvalue weighted by Crippen LogP contribution is 2.36. The zero-order chi connectivity index (χ0) is 18.1. The largest absolute Gasteiger partial charge is 0.492 e. The summed E-state index contributed by atoms with van der Waals surface area (Å²) in [6.07, 6.45) is 0. The van der Waals surface area contributed by atoms with Crippen LogP contribution in [-0.2, 0) is 0 Å². The lowest BCUT2D eigenvalue weighted by molar-refractivity contribution is 0.434. The molecule has 1 aromatic heterocycles. The molecule has 6 nitrogen and oxygen atoms in total. The second-order valence-electron chi connectivity index (χ2n) is 6.09. The van der Waals surface area contributed by atoms with Crippen molar-refractivity contribution in [2.75, 3.05) is 5.73 Å². The van der Waals surface area contributed by atoms with Crippen molar-refractivity contribution in [3.05, 3.63) is 58.8 Å². The summed E-state index contributed by atoms with van der Waals surface area (Å²) in [5, 5.41) is 23.5. The maximum absolute atomic E-state index is 10.5. The number of nitrogens with two attached hydrogens (primary N) is 1. The molecule has 128 valence electrons. The van der Waals surface area contributed by atoms with Crippen molar-refractivity contribution in [1.29, 1.82) is 0 Å². The average molecular weight is 335 g/mol. The number of anilines is 1. The molecule has 0 amide bonds. The summed E-state index contributed by atoms with van der Waals surface area (Å²) in [5.41, 5.74) is 12.1. The van der Waals surface area contributed by atoms with Crippen LogP contribution in [0.5, 0.6) is 5.88 Å². The third-order valence-corrected chi connectivity index (χ3v) is 4.36. The predicted molar refractivity (Wildman–Crippen MR) is 99.2 cm³/mol. The predicted octanol–water partition coefficient (Wildman–Crippen LogP) is 4.81. The SMILES string of the molecule is Cc1cc(N)c(C)c(N=Nc2c(C)nn(-c3ccccc3)c2O)c1C. The van der Waals surface area contributed by atoms with Gasteiger partial charge in [-0.25, -0.2) is 0 Å². The van der Waals surface area contributed by atoms with Gasteiger partial charge in [-0.05, 0) is 62.6 Å². The summed E-state index contributed by atoms with van der Waals surface area (Å²) < 4.78 is 1.45. The van der Waals surface area contributed by atoms with Gasteiger partial charge < -0.3 is 10.8 Å². The molecule has 3 aromatic rings. The van der Waals surface area contributed by atoms with Crippen molar-refractivity contribution in [3.8, 4) is 11.6 Å². The molecule has 0 aliphatic rings. The van der Waals surface area contributed by atoms with Crippen LogP contribution >= 0.6 is 0 Å². The Morgan fingerprint density at radius 1 is 0.960 bits per heavy atom. The van der Waals surface area contributed by atoms with E-state index in [4.69, 9.17) is 5.73 Å². The molecule has 0 atom stereocenters. The number of hydrogen-bond donors (Lipinski definition) is 2. The van der Waals surface area contributed by atoms with Crippen molar-refractivity contribution in [2.45, 2.75) is 27.7 Å². The minimum absolute atomic E-state index is 0.0385. The van der Waals surface area contributed by atoms with Crippen LogP contribution in [0.25, 0.3) is 5.69 Å². The first-order valence-corrected chi connectivity index (χ1v) is 8.02. The van der Waals surface area contributed by atoms with E-state index in [-0.39, 0.29) is 5.88 Å². The van der Waals surface area contributed by atoms with Crippen LogP contribution in [0, 0.1) is 27.7 Å². The van der Waals surface area contributed by atoms with Crippen LogP contribution < -0.4 is 5.73 Å². The summed E-state index contributed by atoms with van der Waals surface area (Å²) in [6, 6.07) is 11.3. The maximum atomic E-state index is 10.5. The Labute approximate surface area is 146 Å². The third-order valence-electron chi connectivity index (χ3n) is 4.36. The summed E-state index contributed by atoms with van der Waals surface area (Å²) in [5.74, 6) is -0.0385. The van der Waals surface area contributed by atoms with E-state index in [0.29, 0.717) is 17.1 Å². The molecule has 0 spiro atoms. The maximum Gasteiger partial charge on any atom is 0.243 e. The molecule has 6 heteroatoms. The number of nitrogen functional groups attached to an aromatic ring is 1. The van der Waals surface area contributed by atoms with Gasteiger partial charge in [0.15, 0.2) is 5.69 Å². The zero-order valence-electron chi connectivity index (χ0n) is 14.8. The number of aromatic hydroxyl groups is 1. The number of azo groups is 1. The smallest absolute Gasteiger partial charge is 0.243 e. The van der Waals surface area contributed by atoms with Crippen LogP contribution in [0.4, 0.5) is 17.1 Å². The fourth-order valence-electron chi connectivity index (χ4n) is 2.68. The fourth-order valence-corrected chi connectivity index (χ4v) is 2.68. The van der Waals surface area contributed by atoms with E-state index in [1.165, 1.54) is 4.68 Å². The van der Waals surface area contributed by atoms with Crippen LogP contribution in [0.15, 0.2) is 46.6 Å². The second-order valence-corrected chi connectivity index (χ2v) is 6.09. The number of benzene rings is 2. The van der Waals surface area contributed by atoms with Crippen LogP contribution in [-0.4, -0.2) is 14.9 Å². The Morgan fingerprint density at radius 3 is 2.28 bits per heavy atom. The number of para-hydroxylation sites is 1. The van der Waals surface area contributed by atoms with Crippen molar-refractivity contribution < 1.29 is 5.11 Å². The molecule has 0 aliphatic carbocycles. The van der Waals surface area contributed by atoms with E-state index in [2.05, 4.69) is 15.3 Å². The quantitative estimate of drug-likeness (QED) is 0.532. The summed E-state index contributed by atoms with van der Waals surface area (Å²) >= 11 is 0. The highest BCUT2D eigenvalue weighted by atomic mass is 16.3. The lowest BCUT2D eigenvalue weighted by Gasteiger charge is -2.10. The monoisotopic (exact) mass is 335 g/mol. The first kappa shape index (κ1) is 16.7. The number of nitrogens with zero attached hydrogens (tertiary/aromatic N) is 4. The minimum atomic E-state index is -0.0385. The molecule has 2 aromatic carbocycles. The van der Waals surface area contributed by atoms with Gasteiger partial charge in [-0.3, -0.25) is 0 Å². The summed E-state index contributed by atoms with van der Waals surface area (Å²) in [6.45, 7) is 7.67. The molecule has 3 rings (SSSR count). The third kappa shape index (κ3) is 2.98. The van der Waals surface area contributed by atoms with E-state index in [1.807, 2.05) is 57.2 Å². The Kier molecular flexibility index (Phi) is 4.27. The van der Waals surface area contributed by atoms with E-state index in [1.54, 1.807) is 6.92 Å². The molecular formula is C19H21N5O. The van der Waals surface area contributed by atoms with E-state index < -0.39 is 0 Å². The van der Waals surface area contributed by atoms with Gasteiger partial charge in [0.25, 0.3) is 0 Å². The Morgan fingerprint density at radius 2 is 1.60 bits per heavy atom. The van der Waals surface area contributed by atoms with Gasteiger partial charge in [0.05, 0.1) is 17.1 Å². The van der Waals surface area contributed by atoms with Gasteiger partial charge in [0, 0.05) is 5.69 Å². The number of rotatable bonds is 3. The Bertz CT molecular complexity index is 932. The molecule has 1 heterocycles. The zero-order valence-corrected chi connectivity index (χ0v) is 14.8. The number of aromatic nitrogens is 2. The Balaban J connectivity index is 2.06. The molecule has 25 heavy (non-hydrogen) atoms. The lowest BCUT2D eigenvalue weighted by Crippen LogP contribution is -1.95. The normalized spacial score (nSPS) is 11.4.